The molecular weight excluding hydrogens is 138 g/mol. The van der Waals surface area contributed by atoms with Gasteiger partial charge in [0.15, 0.2) is 0 Å². The van der Waals surface area contributed by atoms with Crippen LogP contribution in [0.5, 0.6) is 0 Å². The maximum absolute atomic E-state index is 4.90. The van der Waals surface area contributed by atoms with E-state index in [9.17, 15) is 0 Å². The first kappa shape index (κ1) is 10.1. The molecule has 0 aliphatic heterocycles. The zero-order valence-corrected chi connectivity index (χ0v) is 7.55. The lowest BCUT2D eigenvalue weighted by Crippen LogP contribution is -2.27. The Balaban J connectivity index is 3.48. The maximum Gasteiger partial charge on any atom is 0.136 e. The largest absolute Gasteiger partial charge is 0.501 e. The molecule has 0 saturated heterocycles. The second-order valence-corrected chi connectivity index (χ2v) is 3.09. The van der Waals surface area contributed by atoms with E-state index < -0.39 is 0 Å². The third-order valence-corrected chi connectivity index (χ3v) is 0.877. The van der Waals surface area contributed by atoms with Crippen molar-refractivity contribution in [2.45, 2.75) is 6.42 Å². The molecule has 0 aromatic heterocycles. The van der Waals surface area contributed by atoms with Gasteiger partial charge in [0.25, 0.3) is 0 Å². The van der Waals surface area contributed by atoms with Crippen LogP contribution in [-0.4, -0.2) is 32.2 Å². The fraction of sp³-hybridized carbons (Fsp3) is 0.556. The van der Waals surface area contributed by atoms with E-state index in [2.05, 4.69) is 18.5 Å². The Morgan fingerprint density at radius 3 is 2.55 bits per heavy atom. The van der Waals surface area contributed by atoms with Gasteiger partial charge in [0.2, 0.25) is 0 Å². The highest BCUT2D eigenvalue weighted by atomic mass is 16.5. The molecule has 0 fully saturated rings. The molecule has 0 aliphatic rings. The fourth-order valence-electron chi connectivity index (χ4n) is 0.486. The summed E-state index contributed by atoms with van der Waals surface area (Å²) in [7, 11) is 6.09. The summed E-state index contributed by atoms with van der Waals surface area (Å²) in [6.45, 7) is 4.07. The van der Waals surface area contributed by atoms with Gasteiger partial charge in [-0.25, -0.2) is 0 Å². The van der Waals surface area contributed by atoms with Crippen LogP contribution in [0.4, 0.5) is 0 Å². The summed E-state index contributed by atoms with van der Waals surface area (Å²) in [4.78, 5) is 0. The standard InChI is InChI=1S/C9H16NO/c1-5-11-9-7-6-8-10(2,3)4/h5H,1,7,9H2,2-4H3/q+1. The fourth-order valence-corrected chi connectivity index (χ4v) is 0.486. The Hall–Kier alpha value is -0.940. The van der Waals surface area contributed by atoms with Gasteiger partial charge < -0.3 is 4.74 Å². The van der Waals surface area contributed by atoms with Gasteiger partial charge in [-0.1, -0.05) is 6.58 Å². The van der Waals surface area contributed by atoms with E-state index in [4.69, 9.17) is 4.74 Å². The van der Waals surface area contributed by atoms with Crippen molar-refractivity contribution in [3.05, 3.63) is 12.8 Å². The average Bonchev–Trinajstić information content (AvgIpc) is 1.85. The van der Waals surface area contributed by atoms with Crippen molar-refractivity contribution in [2.75, 3.05) is 27.7 Å². The molecule has 0 bridgehead atoms. The summed E-state index contributed by atoms with van der Waals surface area (Å²) in [6.07, 6.45) is 2.20. The minimum absolute atomic E-state index is 0.635. The molecule has 0 aromatic carbocycles. The van der Waals surface area contributed by atoms with Crippen molar-refractivity contribution in [1.29, 1.82) is 0 Å². The first-order valence-electron chi connectivity index (χ1n) is 3.60. The summed E-state index contributed by atoms with van der Waals surface area (Å²) < 4.78 is 5.58. The molecule has 0 aliphatic carbocycles. The highest BCUT2D eigenvalue weighted by molar-refractivity contribution is 4.91. The lowest BCUT2D eigenvalue weighted by Gasteiger charge is -2.12. The van der Waals surface area contributed by atoms with Gasteiger partial charge in [-0.3, -0.25) is 4.48 Å². The normalized spacial score (nSPS) is 9.73. The van der Waals surface area contributed by atoms with Crippen molar-refractivity contribution in [3.63, 3.8) is 0 Å². The number of nitrogens with zero attached hydrogens (tertiary/aromatic N) is 1. The van der Waals surface area contributed by atoms with E-state index in [-0.39, 0.29) is 0 Å². The van der Waals surface area contributed by atoms with Crippen LogP contribution in [0.1, 0.15) is 6.42 Å². The van der Waals surface area contributed by atoms with Crippen molar-refractivity contribution in [3.8, 4) is 12.0 Å². The Morgan fingerprint density at radius 1 is 1.45 bits per heavy atom. The van der Waals surface area contributed by atoms with E-state index in [1.807, 2.05) is 21.1 Å². The quantitative estimate of drug-likeness (QED) is 0.257. The Kier molecular flexibility index (Phi) is 4.40. The molecule has 62 valence electrons. The molecule has 2 heteroatoms. The van der Waals surface area contributed by atoms with Crippen molar-refractivity contribution in [1.82, 2.24) is 0 Å². The minimum Gasteiger partial charge on any atom is -0.501 e. The van der Waals surface area contributed by atoms with E-state index in [1.165, 1.54) is 6.26 Å². The molecule has 2 nitrogen and oxygen atoms in total. The number of hydrogen-bond donors (Lipinski definition) is 0. The summed E-state index contributed by atoms with van der Waals surface area (Å²) >= 11 is 0. The lowest BCUT2D eigenvalue weighted by atomic mass is 10.4. The molecule has 0 aromatic rings. The second-order valence-electron chi connectivity index (χ2n) is 3.09. The van der Waals surface area contributed by atoms with Crippen LogP contribution in [0.2, 0.25) is 0 Å². The molecule has 0 heterocycles. The molecule has 0 saturated carbocycles. The number of hydrogen-bond acceptors (Lipinski definition) is 1. The molecule has 0 radical (unpaired) electrons. The van der Waals surface area contributed by atoms with E-state index in [0.29, 0.717) is 11.1 Å². The number of ether oxygens (including phenoxy) is 1. The highest BCUT2D eigenvalue weighted by Gasteiger charge is 1.98. The molecule has 0 unspecified atom stereocenters. The minimum atomic E-state index is 0.635. The predicted octanol–water partition coefficient (Wildman–Crippen LogP) is 1.20. The first-order valence-corrected chi connectivity index (χ1v) is 3.60. The van der Waals surface area contributed by atoms with Gasteiger partial charge in [-0.2, -0.15) is 0 Å². The van der Waals surface area contributed by atoms with Gasteiger partial charge in [0, 0.05) is 6.42 Å². The topological polar surface area (TPSA) is 9.23 Å². The van der Waals surface area contributed by atoms with Crippen LogP contribution < -0.4 is 0 Å². The van der Waals surface area contributed by atoms with E-state index >= 15 is 0 Å². The highest BCUT2D eigenvalue weighted by Crippen LogP contribution is 1.85. The molecular formula is C9H16NO+. The first-order chi connectivity index (χ1) is 5.06. The molecule has 11 heavy (non-hydrogen) atoms. The lowest BCUT2D eigenvalue weighted by molar-refractivity contribution is -0.800. The molecule has 0 spiro atoms. The monoisotopic (exact) mass is 154 g/mol. The molecule has 0 atom stereocenters. The zero-order valence-electron chi connectivity index (χ0n) is 7.55. The summed E-state index contributed by atoms with van der Waals surface area (Å²) in [5, 5.41) is 0. The SMILES string of the molecule is C=COCCC#C[N+](C)(C)C. The van der Waals surface area contributed by atoms with Gasteiger partial charge in [-0.05, 0) is 5.92 Å². The van der Waals surface area contributed by atoms with Crippen molar-refractivity contribution < 1.29 is 9.22 Å². The smallest absolute Gasteiger partial charge is 0.136 e. The van der Waals surface area contributed by atoms with Gasteiger partial charge in [-0.15, -0.1) is 0 Å². The summed E-state index contributed by atoms with van der Waals surface area (Å²) in [5.74, 6) is 3.01. The third kappa shape index (κ3) is 9.06. The Bertz CT molecular complexity index is 168. The summed E-state index contributed by atoms with van der Waals surface area (Å²) in [5.41, 5.74) is 0. The van der Waals surface area contributed by atoms with Crippen LogP contribution in [0, 0.1) is 12.0 Å². The molecule has 0 N–H and O–H groups in total. The van der Waals surface area contributed by atoms with Gasteiger partial charge in [0.1, 0.15) is 6.04 Å². The maximum atomic E-state index is 4.90. The van der Waals surface area contributed by atoms with Crippen LogP contribution in [0.25, 0.3) is 0 Å². The second kappa shape index (κ2) is 4.81. The van der Waals surface area contributed by atoms with Crippen LogP contribution in [0.3, 0.4) is 0 Å². The summed E-state index contributed by atoms with van der Waals surface area (Å²) in [6, 6.07) is 3.05. The number of quaternary nitrogens is 1. The van der Waals surface area contributed by atoms with Gasteiger partial charge >= 0.3 is 0 Å². The predicted molar refractivity (Wildman–Crippen MR) is 46.6 cm³/mol. The van der Waals surface area contributed by atoms with E-state index in [0.717, 1.165) is 6.42 Å². The Morgan fingerprint density at radius 2 is 2.09 bits per heavy atom. The molecule has 0 amide bonds. The third-order valence-electron chi connectivity index (χ3n) is 0.877. The van der Waals surface area contributed by atoms with Crippen LogP contribution >= 0.6 is 0 Å². The van der Waals surface area contributed by atoms with E-state index in [1.54, 1.807) is 0 Å². The van der Waals surface area contributed by atoms with Crippen molar-refractivity contribution >= 4 is 0 Å². The number of rotatable bonds is 3. The zero-order chi connectivity index (χ0) is 8.74. The average molecular weight is 154 g/mol. The van der Waals surface area contributed by atoms with Gasteiger partial charge in [0.05, 0.1) is 34.0 Å². The van der Waals surface area contributed by atoms with Crippen LogP contribution in [-0.2, 0) is 4.74 Å². The Labute approximate surface area is 69.1 Å². The van der Waals surface area contributed by atoms with Crippen molar-refractivity contribution in [2.24, 2.45) is 0 Å². The molecule has 0 rings (SSSR count). The van der Waals surface area contributed by atoms with Crippen LogP contribution in [0.15, 0.2) is 12.8 Å².